The molecule has 0 fully saturated rings. The molecular formula is C10H5ClF6O. The molecule has 8 heteroatoms. The largest absolute Gasteiger partial charge is 0.417 e. The average molecular weight is 291 g/mol. The number of hydrogen-bond donors (Lipinski definition) is 0. The Balaban J connectivity index is 3.62. The van der Waals surface area contributed by atoms with Crippen molar-refractivity contribution in [2.75, 3.05) is 0 Å². The van der Waals surface area contributed by atoms with Gasteiger partial charge in [0.1, 0.15) is 0 Å². The van der Waals surface area contributed by atoms with E-state index in [9.17, 15) is 31.1 Å². The van der Waals surface area contributed by atoms with Gasteiger partial charge in [-0.1, -0.05) is 0 Å². The summed E-state index contributed by atoms with van der Waals surface area (Å²) in [6.07, 6.45) is -9.80. The highest BCUT2D eigenvalue weighted by Crippen LogP contribution is 2.39. The Bertz CT molecular complexity index is 488. The fourth-order valence-electron chi connectivity index (χ4n) is 1.48. The zero-order valence-electron chi connectivity index (χ0n) is 8.71. The van der Waals surface area contributed by atoms with Gasteiger partial charge < -0.3 is 0 Å². The summed E-state index contributed by atoms with van der Waals surface area (Å²) < 4.78 is 75.0. The van der Waals surface area contributed by atoms with Crippen LogP contribution in [0.3, 0.4) is 0 Å². The van der Waals surface area contributed by atoms with Gasteiger partial charge in [-0.25, -0.2) is 0 Å². The molecular weight excluding hydrogens is 286 g/mol. The highest BCUT2D eigenvalue weighted by molar-refractivity contribution is 6.68. The van der Waals surface area contributed by atoms with Gasteiger partial charge in [-0.15, -0.1) is 0 Å². The van der Waals surface area contributed by atoms with Gasteiger partial charge in [-0.2, -0.15) is 26.3 Å². The molecule has 1 nitrogen and oxygen atoms in total. The van der Waals surface area contributed by atoms with Crippen molar-refractivity contribution >= 4 is 16.8 Å². The van der Waals surface area contributed by atoms with Crippen LogP contribution in [0.15, 0.2) is 12.1 Å². The summed E-state index contributed by atoms with van der Waals surface area (Å²) in [6, 6.07) is 0.428. The Kier molecular flexibility index (Phi) is 3.67. The van der Waals surface area contributed by atoms with Crippen molar-refractivity contribution in [1.82, 2.24) is 0 Å². The Morgan fingerprint density at radius 2 is 1.56 bits per heavy atom. The molecule has 0 aliphatic rings. The van der Waals surface area contributed by atoms with Crippen LogP contribution < -0.4 is 0 Å². The van der Waals surface area contributed by atoms with E-state index in [2.05, 4.69) is 0 Å². The molecule has 0 bridgehead atoms. The molecule has 0 aliphatic carbocycles. The molecule has 0 aromatic heterocycles. The molecule has 0 atom stereocenters. The van der Waals surface area contributed by atoms with Gasteiger partial charge in [-0.05, 0) is 36.2 Å². The first-order valence-corrected chi connectivity index (χ1v) is 4.81. The fourth-order valence-corrected chi connectivity index (χ4v) is 1.63. The smallest absolute Gasteiger partial charge is 0.276 e. The highest BCUT2D eigenvalue weighted by Gasteiger charge is 2.40. The quantitative estimate of drug-likeness (QED) is 0.553. The maximum atomic E-state index is 12.6. The number of carbonyl (C=O) groups excluding carboxylic acids is 1. The molecule has 0 unspecified atom stereocenters. The zero-order chi connectivity index (χ0) is 14.3. The van der Waals surface area contributed by atoms with E-state index in [1.54, 1.807) is 0 Å². The number of carbonyl (C=O) groups is 1. The lowest BCUT2D eigenvalue weighted by atomic mass is 9.98. The average Bonchev–Trinajstić information content (AvgIpc) is 2.12. The number of hydrogen-bond acceptors (Lipinski definition) is 1. The second-order valence-electron chi connectivity index (χ2n) is 3.48. The monoisotopic (exact) mass is 290 g/mol. The number of halogens is 7. The predicted octanol–water partition coefficient (Wildman–Crippen LogP) is 4.41. The normalized spacial score (nSPS) is 12.7. The van der Waals surface area contributed by atoms with Gasteiger partial charge in [0, 0.05) is 5.56 Å². The Labute approximate surface area is 102 Å². The number of alkyl halides is 6. The first-order valence-electron chi connectivity index (χ1n) is 4.43. The van der Waals surface area contributed by atoms with Gasteiger partial charge in [0.2, 0.25) is 0 Å². The maximum Gasteiger partial charge on any atom is 0.417 e. The number of aryl methyl sites for hydroxylation is 1. The summed E-state index contributed by atoms with van der Waals surface area (Å²) in [5.74, 6) is 0. The topological polar surface area (TPSA) is 17.1 Å². The minimum Gasteiger partial charge on any atom is -0.276 e. The van der Waals surface area contributed by atoms with E-state index in [1.165, 1.54) is 0 Å². The van der Waals surface area contributed by atoms with Gasteiger partial charge >= 0.3 is 12.4 Å². The summed E-state index contributed by atoms with van der Waals surface area (Å²) in [6.45, 7) is 0.835. The molecule has 0 spiro atoms. The Morgan fingerprint density at radius 3 is 1.89 bits per heavy atom. The molecule has 0 heterocycles. The van der Waals surface area contributed by atoms with Crippen LogP contribution in [0.25, 0.3) is 0 Å². The van der Waals surface area contributed by atoms with E-state index in [1.807, 2.05) is 0 Å². The van der Waals surface area contributed by atoms with Crippen LogP contribution in [0.1, 0.15) is 27.0 Å². The summed E-state index contributed by atoms with van der Waals surface area (Å²) in [5.41, 5.74) is -4.70. The third kappa shape index (κ3) is 2.95. The van der Waals surface area contributed by atoms with E-state index in [0.717, 1.165) is 6.92 Å². The molecule has 1 aromatic rings. The van der Waals surface area contributed by atoms with Crippen LogP contribution in [-0.4, -0.2) is 5.24 Å². The van der Waals surface area contributed by atoms with Crippen molar-refractivity contribution in [3.63, 3.8) is 0 Å². The van der Waals surface area contributed by atoms with Gasteiger partial charge in [0.25, 0.3) is 5.24 Å². The summed E-state index contributed by atoms with van der Waals surface area (Å²) in [5, 5.41) is -1.59. The lowest BCUT2D eigenvalue weighted by molar-refractivity contribution is -0.141. The first-order chi connectivity index (χ1) is 7.94. The maximum absolute atomic E-state index is 12.6. The molecule has 18 heavy (non-hydrogen) atoms. The van der Waals surface area contributed by atoms with Crippen LogP contribution >= 0.6 is 11.6 Å². The molecule has 0 saturated carbocycles. The molecule has 1 aromatic carbocycles. The van der Waals surface area contributed by atoms with Crippen LogP contribution in [0.2, 0.25) is 0 Å². The lowest BCUT2D eigenvalue weighted by Crippen LogP contribution is -2.16. The van der Waals surface area contributed by atoms with Crippen molar-refractivity contribution in [1.29, 1.82) is 0 Å². The number of rotatable bonds is 1. The van der Waals surface area contributed by atoms with Crippen molar-refractivity contribution in [2.45, 2.75) is 19.3 Å². The SMILES string of the molecule is Cc1cc(C(F)(F)F)cc(C(=O)Cl)c1C(F)(F)F. The lowest BCUT2D eigenvalue weighted by Gasteiger charge is -2.16. The third-order valence-electron chi connectivity index (χ3n) is 2.16. The molecule has 0 amide bonds. The van der Waals surface area contributed by atoms with Crippen LogP contribution in [0, 0.1) is 6.92 Å². The van der Waals surface area contributed by atoms with Crippen molar-refractivity contribution in [3.05, 3.63) is 34.4 Å². The zero-order valence-corrected chi connectivity index (χ0v) is 9.46. The molecule has 0 N–H and O–H groups in total. The molecule has 0 aliphatic heterocycles. The summed E-state index contributed by atoms with van der Waals surface area (Å²) in [7, 11) is 0. The van der Waals surface area contributed by atoms with Gasteiger partial charge in [0.15, 0.2) is 0 Å². The minimum absolute atomic E-state index is 0.102. The van der Waals surface area contributed by atoms with Crippen LogP contribution in [0.4, 0.5) is 26.3 Å². The van der Waals surface area contributed by atoms with E-state index >= 15 is 0 Å². The molecule has 0 radical (unpaired) electrons. The van der Waals surface area contributed by atoms with Crippen molar-refractivity contribution < 1.29 is 31.1 Å². The molecule has 100 valence electrons. The second-order valence-corrected chi connectivity index (χ2v) is 3.83. The van der Waals surface area contributed by atoms with Crippen LogP contribution in [-0.2, 0) is 12.4 Å². The minimum atomic E-state index is -4.95. The van der Waals surface area contributed by atoms with Crippen molar-refractivity contribution in [3.8, 4) is 0 Å². The second kappa shape index (κ2) is 4.46. The number of benzene rings is 1. The van der Waals surface area contributed by atoms with Gasteiger partial charge in [-0.3, -0.25) is 4.79 Å². The van der Waals surface area contributed by atoms with Crippen molar-refractivity contribution in [2.24, 2.45) is 0 Å². The van der Waals surface area contributed by atoms with E-state index < -0.39 is 39.8 Å². The molecule has 1 rings (SSSR count). The standard InChI is InChI=1S/C10H5ClF6O/c1-4-2-5(9(12,13)14)3-6(8(11)18)7(4)10(15,16)17/h2-3H,1H3. The first kappa shape index (κ1) is 14.8. The van der Waals surface area contributed by atoms with Crippen LogP contribution in [0.5, 0.6) is 0 Å². The predicted molar refractivity (Wildman–Crippen MR) is 51.4 cm³/mol. The summed E-state index contributed by atoms with van der Waals surface area (Å²) >= 11 is 4.90. The Morgan fingerprint density at radius 1 is 1.06 bits per heavy atom. The summed E-state index contributed by atoms with van der Waals surface area (Å²) in [4.78, 5) is 10.8. The van der Waals surface area contributed by atoms with E-state index in [4.69, 9.17) is 11.6 Å². The van der Waals surface area contributed by atoms with Gasteiger partial charge in [0.05, 0.1) is 11.1 Å². The fraction of sp³-hybridized carbons (Fsp3) is 0.300. The van der Waals surface area contributed by atoms with E-state index in [-0.39, 0.29) is 6.07 Å². The third-order valence-corrected chi connectivity index (χ3v) is 2.36. The Hall–Kier alpha value is -1.24. The van der Waals surface area contributed by atoms with E-state index in [0.29, 0.717) is 6.07 Å². The molecule has 0 saturated heterocycles. The highest BCUT2D eigenvalue weighted by atomic mass is 35.5.